The molecule has 0 radical (unpaired) electrons. The first-order chi connectivity index (χ1) is 12.2. The van der Waals surface area contributed by atoms with Crippen LogP contribution in [-0.4, -0.2) is 5.78 Å². The molecule has 0 amide bonds. The Kier molecular flexibility index (Phi) is 7.43. The lowest BCUT2D eigenvalue weighted by Gasteiger charge is -2.41. The average Bonchev–Trinajstić information content (AvgIpc) is 2.63. The first-order valence-corrected chi connectivity index (χ1v) is 11.7. The molecule has 3 aliphatic carbocycles. The van der Waals surface area contributed by atoms with Gasteiger partial charge in [0.05, 0.1) is 0 Å². The van der Waals surface area contributed by atoms with Crippen molar-refractivity contribution in [1.82, 2.24) is 0 Å². The van der Waals surface area contributed by atoms with Gasteiger partial charge < -0.3 is 0 Å². The van der Waals surface area contributed by atoms with E-state index in [-0.39, 0.29) is 0 Å². The van der Waals surface area contributed by atoms with Gasteiger partial charge >= 0.3 is 0 Å². The van der Waals surface area contributed by atoms with Crippen molar-refractivity contribution in [2.45, 2.75) is 110 Å². The van der Waals surface area contributed by atoms with E-state index in [1.807, 2.05) is 0 Å². The summed E-state index contributed by atoms with van der Waals surface area (Å²) in [6, 6.07) is 0. The summed E-state index contributed by atoms with van der Waals surface area (Å²) < 4.78 is 0. The Hall–Kier alpha value is -0.330. The van der Waals surface area contributed by atoms with Crippen molar-refractivity contribution in [2.24, 2.45) is 35.5 Å². The molecule has 0 aromatic heterocycles. The molecule has 0 N–H and O–H groups in total. The van der Waals surface area contributed by atoms with E-state index in [0.717, 1.165) is 30.1 Å². The van der Waals surface area contributed by atoms with Gasteiger partial charge in [-0.05, 0) is 81.0 Å². The highest BCUT2D eigenvalue weighted by molar-refractivity contribution is 5.82. The predicted molar refractivity (Wildman–Crippen MR) is 107 cm³/mol. The molecular formula is C24H42O. The van der Waals surface area contributed by atoms with Crippen molar-refractivity contribution in [3.63, 3.8) is 0 Å². The van der Waals surface area contributed by atoms with E-state index in [1.165, 1.54) is 89.9 Å². The summed E-state index contributed by atoms with van der Waals surface area (Å²) in [5.41, 5.74) is 0. The Morgan fingerprint density at radius 3 is 1.68 bits per heavy atom. The largest absolute Gasteiger partial charge is 0.299 e. The fraction of sp³-hybridized carbons (Fsp3) is 0.958. The second-order valence-corrected chi connectivity index (χ2v) is 9.75. The number of Topliss-reactive ketones (excluding diaryl/α,β-unsaturated/α-hetero) is 1. The highest BCUT2D eigenvalue weighted by atomic mass is 16.1. The molecule has 0 aromatic carbocycles. The normalized spacial score (nSPS) is 40.2. The molecule has 3 fully saturated rings. The number of carbonyl (C=O) groups excluding carboxylic acids is 1. The van der Waals surface area contributed by atoms with E-state index in [0.29, 0.717) is 17.6 Å². The summed E-state index contributed by atoms with van der Waals surface area (Å²) in [6.07, 6.45) is 20.3. The highest BCUT2D eigenvalue weighted by Crippen LogP contribution is 2.45. The van der Waals surface area contributed by atoms with Gasteiger partial charge in [0.1, 0.15) is 5.78 Å². The zero-order valence-corrected chi connectivity index (χ0v) is 17.0. The highest BCUT2D eigenvalue weighted by Gasteiger charge is 2.37. The van der Waals surface area contributed by atoms with Gasteiger partial charge in [0.25, 0.3) is 0 Å². The molecule has 144 valence electrons. The van der Waals surface area contributed by atoms with Gasteiger partial charge in [-0.25, -0.2) is 0 Å². The van der Waals surface area contributed by atoms with Crippen LogP contribution in [0.2, 0.25) is 0 Å². The Balaban J connectivity index is 1.41. The Bertz CT molecular complexity index is 398. The van der Waals surface area contributed by atoms with Crippen molar-refractivity contribution in [3.05, 3.63) is 0 Å². The summed E-state index contributed by atoms with van der Waals surface area (Å²) in [6.45, 7) is 4.60. The molecule has 3 aliphatic rings. The zero-order chi connectivity index (χ0) is 17.6. The lowest BCUT2D eigenvalue weighted by Crippen LogP contribution is -2.34. The van der Waals surface area contributed by atoms with E-state index in [9.17, 15) is 4.79 Å². The molecule has 1 nitrogen and oxygen atoms in total. The first kappa shape index (κ1) is 19.4. The zero-order valence-electron chi connectivity index (χ0n) is 17.0. The molecule has 2 atom stereocenters. The van der Waals surface area contributed by atoms with Crippen molar-refractivity contribution in [1.29, 1.82) is 0 Å². The number of ketones is 1. The molecule has 0 saturated heterocycles. The van der Waals surface area contributed by atoms with Crippen molar-refractivity contribution < 1.29 is 4.79 Å². The quantitative estimate of drug-likeness (QED) is 0.497. The van der Waals surface area contributed by atoms with Crippen LogP contribution < -0.4 is 0 Å². The monoisotopic (exact) mass is 346 g/mol. The van der Waals surface area contributed by atoms with Crippen LogP contribution in [0.3, 0.4) is 0 Å². The minimum atomic E-state index is 0.439. The van der Waals surface area contributed by atoms with Gasteiger partial charge in [0.2, 0.25) is 0 Å². The van der Waals surface area contributed by atoms with Gasteiger partial charge in [0, 0.05) is 12.3 Å². The van der Waals surface area contributed by atoms with Gasteiger partial charge in [0.15, 0.2) is 0 Å². The Morgan fingerprint density at radius 2 is 1.12 bits per heavy atom. The van der Waals surface area contributed by atoms with Crippen molar-refractivity contribution in [2.75, 3.05) is 0 Å². The molecule has 25 heavy (non-hydrogen) atoms. The molecule has 0 aliphatic heterocycles. The number of hydrogen-bond donors (Lipinski definition) is 0. The molecule has 0 bridgehead atoms. The third kappa shape index (κ3) is 5.10. The third-order valence-corrected chi connectivity index (χ3v) is 8.13. The summed E-state index contributed by atoms with van der Waals surface area (Å²) in [7, 11) is 0. The second-order valence-electron chi connectivity index (χ2n) is 9.75. The van der Waals surface area contributed by atoms with Gasteiger partial charge in [-0.2, -0.15) is 0 Å². The fourth-order valence-electron chi connectivity index (χ4n) is 6.64. The third-order valence-electron chi connectivity index (χ3n) is 8.13. The van der Waals surface area contributed by atoms with Crippen LogP contribution in [0.15, 0.2) is 0 Å². The smallest absolute Gasteiger partial charge is 0.136 e. The molecule has 3 saturated carbocycles. The lowest BCUT2D eigenvalue weighted by atomic mass is 9.64. The van der Waals surface area contributed by atoms with Crippen LogP contribution in [0.1, 0.15) is 110 Å². The van der Waals surface area contributed by atoms with E-state index in [4.69, 9.17) is 0 Å². The number of rotatable bonds is 6. The van der Waals surface area contributed by atoms with E-state index in [2.05, 4.69) is 13.8 Å². The van der Waals surface area contributed by atoms with Crippen LogP contribution >= 0.6 is 0 Å². The SMILES string of the molecule is CCCC1CCC(C2CCC(C3CCC(CCC)CC3=O)CC2)CC1. The summed E-state index contributed by atoms with van der Waals surface area (Å²) >= 11 is 0. The summed E-state index contributed by atoms with van der Waals surface area (Å²) in [4.78, 5) is 12.7. The topological polar surface area (TPSA) is 17.1 Å². The number of hydrogen-bond acceptors (Lipinski definition) is 1. The van der Waals surface area contributed by atoms with Gasteiger partial charge in [-0.1, -0.05) is 52.4 Å². The maximum atomic E-state index is 12.7. The average molecular weight is 347 g/mol. The van der Waals surface area contributed by atoms with Crippen LogP contribution in [0.25, 0.3) is 0 Å². The Labute approximate surface area is 156 Å². The summed E-state index contributed by atoms with van der Waals surface area (Å²) in [5, 5.41) is 0. The first-order valence-electron chi connectivity index (χ1n) is 11.7. The predicted octanol–water partition coefficient (Wildman–Crippen LogP) is 7.18. The van der Waals surface area contributed by atoms with E-state index < -0.39 is 0 Å². The molecule has 0 heterocycles. The molecule has 0 aromatic rings. The van der Waals surface area contributed by atoms with Crippen LogP contribution in [-0.2, 0) is 4.79 Å². The van der Waals surface area contributed by atoms with E-state index >= 15 is 0 Å². The second kappa shape index (κ2) is 9.56. The minimum absolute atomic E-state index is 0.439. The van der Waals surface area contributed by atoms with Crippen LogP contribution in [0.4, 0.5) is 0 Å². The van der Waals surface area contributed by atoms with Gasteiger partial charge in [-0.3, -0.25) is 4.79 Å². The van der Waals surface area contributed by atoms with E-state index in [1.54, 1.807) is 0 Å². The molecule has 0 spiro atoms. The standard InChI is InChI=1S/C24H42O/c1-3-5-18-7-10-20(11-8-18)21-12-14-22(15-13-21)23-16-9-19(6-4-2)17-24(23)25/h18-23H,3-17H2,1-2H3. The van der Waals surface area contributed by atoms with Crippen molar-refractivity contribution >= 4 is 5.78 Å². The van der Waals surface area contributed by atoms with Crippen molar-refractivity contribution in [3.8, 4) is 0 Å². The maximum Gasteiger partial charge on any atom is 0.136 e. The lowest BCUT2D eigenvalue weighted by molar-refractivity contribution is -0.128. The Morgan fingerprint density at radius 1 is 0.640 bits per heavy atom. The molecular weight excluding hydrogens is 304 g/mol. The van der Waals surface area contributed by atoms with Crippen LogP contribution in [0.5, 0.6) is 0 Å². The fourth-order valence-corrected chi connectivity index (χ4v) is 6.64. The molecule has 3 rings (SSSR count). The van der Waals surface area contributed by atoms with Gasteiger partial charge in [-0.15, -0.1) is 0 Å². The van der Waals surface area contributed by atoms with Crippen LogP contribution in [0, 0.1) is 35.5 Å². The minimum Gasteiger partial charge on any atom is -0.299 e. The summed E-state index contributed by atoms with van der Waals surface area (Å²) in [5.74, 6) is 5.57. The maximum absolute atomic E-state index is 12.7. The molecule has 2 unspecified atom stereocenters. The number of carbonyl (C=O) groups is 1. The molecule has 1 heteroatoms.